The summed E-state index contributed by atoms with van der Waals surface area (Å²) < 4.78 is 50.2. The van der Waals surface area contributed by atoms with E-state index in [2.05, 4.69) is 6.92 Å². The van der Waals surface area contributed by atoms with E-state index in [0.29, 0.717) is 17.1 Å². The van der Waals surface area contributed by atoms with Gasteiger partial charge in [0, 0.05) is 6.92 Å². The van der Waals surface area contributed by atoms with Crippen LogP contribution < -0.4 is 9.47 Å². The zero-order chi connectivity index (χ0) is 24.0. The van der Waals surface area contributed by atoms with E-state index in [1.165, 1.54) is 19.1 Å². The van der Waals surface area contributed by atoms with E-state index in [0.717, 1.165) is 48.1 Å². The summed E-state index contributed by atoms with van der Waals surface area (Å²) in [6.07, 6.45) is -1.83. The minimum atomic E-state index is -4.36. The molecule has 1 unspecified atom stereocenters. The fourth-order valence-corrected chi connectivity index (χ4v) is 3.58. The molecule has 3 nitrogen and oxygen atoms in total. The second kappa shape index (κ2) is 10.6. The Morgan fingerprint density at radius 1 is 0.970 bits per heavy atom. The molecule has 174 valence electrons. The summed E-state index contributed by atoms with van der Waals surface area (Å²) >= 11 is 0. The van der Waals surface area contributed by atoms with Gasteiger partial charge in [-0.05, 0) is 78.4 Å². The van der Waals surface area contributed by atoms with Gasteiger partial charge in [0.25, 0.3) is 0 Å². The first-order valence-electron chi connectivity index (χ1n) is 10.9. The Morgan fingerprint density at radius 2 is 1.70 bits per heavy atom. The molecule has 0 aliphatic heterocycles. The number of esters is 1. The molecule has 0 saturated carbocycles. The molecule has 0 heterocycles. The third-order valence-corrected chi connectivity index (χ3v) is 5.30. The summed E-state index contributed by atoms with van der Waals surface area (Å²) in [7, 11) is 0. The van der Waals surface area contributed by atoms with E-state index < -0.39 is 11.7 Å². The first-order valence-corrected chi connectivity index (χ1v) is 10.9. The molecule has 3 aromatic carbocycles. The highest BCUT2D eigenvalue weighted by molar-refractivity contribution is 5.70. The van der Waals surface area contributed by atoms with Crippen LogP contribution in [0.3, 0.4) is 0 Å². The van der Waals surface area contributed by atoms with Crippen LogP contribution >= 0.6 is 0 Å². The van der Waals surface area contributed by atoms with Crippen molar-refractivity contribution < 1.29 is 27.4 Å². The Balaban J connectivity index is 1.86. The number of benzene rings is 3. The van der Waals surface area contributed by atoms with Crippen LogP contribution in [-0.2, 0) is 11.0 Å². The molecule has 0 fully saturated rings. The normalized spacial score (nSPS) is 12.3. The maximum Gasteiger partial charge on any atom is 0.416 e. The lowest BCUT2D eigenvalue weighted by molar-refractivity contribution is -0.137. The zero-order valence-electron chi connectivity index (χ0n) is 18.9. The fourth-order valence-electron chi connectivity index (χ4n) is 3.58. The van der Waals surface area contributed by atoms with Gasteiger partial charge in [-0.25, -0.2) is 0 Å². The smallest absolute Gasteiger partial charge is 0.416 e. The van der Waals surface area contributed by atoms with Gasteiger partial charge in [-0.15, -0.1) is 0 Å². The molecule has 0 spiro atoms. The molecule has 3 rings (SSSR count). The molecule has 3 aromatic rings. The van der Waals surface area contributed by atoms with Gasteiger partial charge in [-0.1, -0.05) is 43.7 Å². The van der Waals surface area contributed by atoms with Gasteiger partial charge >= 0.3 is 12.1 Å². The molecular formula is C27H27F3O3. The second-order valence-electron chi connectivity index (χ2n) is 7.97. The molecule has 0 radical (unpaired) electrons. The number of carbonyl (C=O) groups excluding carboxylic acids is 1. The van der Waals surface area contributed by atoms with Crippen LogP contribution in [0.1, 0.15) is 55.9 Å². The number of unbranched alkanes of at least 4 members (excludes halogenated alkanes) is 1. The summed E-state index contributed by atoms with van der Waals surface area (Å²) in [6, 6.07) is 18.2. The van der Waals surface area contributed by atoms with Gasteiger partial charge < -0.3 is 9.47 Å². The Labute approximate surface area is 192 Å². The molecule has 6 heteroatoms. The number of alkyl halides is 3. The molecule has 0 saturated heterocycles. The number of aryl methyl sites for hydroxylation is 1. The van der Waals surface area contributed by atoms with Crippen LogP contribution in [0.4, 0.5) is 13.2 Å². The molecule has 0 aromatic heterocycles. The highest BCUT2D eigenvalue weighted by Crippen LogP contribution is 2.34. The van der Waals surface area contributed by atoms with Gasteiger partial charge in [-0.3, -0.25) is 4.79 Å². The minimum Gasteiger partial charge on any atom is -0.486 e. The Hall–Kier alpha value is -3.28. The van der Waals surface area contributed by atoms with Crippen LogP contribution in [0.5, 0.6) is 11.5 Å². The average molecular weight is 457 g/mol. The molecule has 0 N–H and O–H groups in total. The maximum absolute atomic E-state index is 12.9. The zero-order valence-corrected chi connectivity index (χ0v) is 18.9. The van der Waals surface area contributed by atoms with Gasteiger partial charge in [0.05, 0.1) is 5.56 Å². The SMILES string of the molecule is CCCCC(Oc1ccc(OC(C)=O)c(C)c1)c1cccc(-c2ccc(C(F)(F)F)cc2)c1. The predicted molar refractivity (Wildman–Crippen MR) is 122 cm³/mol. The number of halogens is 3. The quantitative estimate of drug-likeness (QED) is 0.255. The number of ether oxygens (including phenoxy) is 2. The molecule has 0 amide bonds. The van der Waals surface area contributed by atoms with E-state index >= 15 is 0 Å². The van der Waals surface area contributed by atoms with Crippen LogP contribution in [0.2, 0.25) is 0 Å². The fraction of sp³-hybridized carbons (Fsp3) is 0.296. The molecule has 33 heavy (non-hydrogen) atoms. The molecule has 0 aliphatic rings. The van der Waals surface area contributed by atoms with Crippen molar-refractivity contribution in [1.29, 1.82) is 0 Å². The Morgan fingerprint density at radius 3 is 2.30 bits per heavy atom. The van der Waals surface area contributed by atoms with Gasteiger partial charge in [0.1, 0.15) is 17.6 Å². The molecule has 0 aliphatic carbocycles. The van der Waals surface area contributed by atoms with E-state index in [-0.39, 0.29) is 12.1 Å². The van der Waals surface area contributed by atoms with E-state index in [1.54, 1.807) is 12.1 Å². The maximum atomic E-state index is 12.9. The molecule has 0 bridgehead atoms. The highest BCUT2D eigenvalue weighted by Gasteiger charge is 2.30. The van der Waals surface area contributed by atoms with Crippen molar-refractivity contribution in [2.75, 3.05) is 0 Å². The lowest BCUT2D eigenvalue weighted by Crippen LogP contribution is -2.09. The van der Waals surface area contributed by atoms with E-state index in [1.807, 2.05) is 37.3 Å². The van der Waals surface area contributed by atoms with E-state index in [9.17, 15) is 18.0 Å². The first kappa shape index (κ1) is 24.4. The van der Waals surface area contributed by atoms with Gasteiger partial charge in [0.15, 0.2) is 0 Å². The van der Waals surface area contributed by atoms with Crippen molar-refractivity contribution in [2.24, 2.45) is 0 Å². The topological polar surface area (TPSA) is 35.5 Å². The van der Waals surface area contributed by atoms with Crippen molar-refractivity contribution in [3.8, 4) is 22.6 Å². The van der Waals surface area contributed by atoms with Crippen LogP contribution in [0, 0.1) is 6.92 Å². The Bertz CT molecular complexity index is 1090. The van der Waals surface area contributed by atoms with Crippen LogP contribution in [0.15, 0.2) is 66.7 Å². The first-order chi connectivity index (χ1) is 15.7. The lowest BCUT2D eigenvalue weighted by atomic mass is 9.97. The summed E-state index contributed by atoms with van der Waals surface area (Å²) in [5.74, 6) is 0.765. The van der Waals surface area contributed by atoms with Crippen molar-refractivity contribution in [3.63, 3.8) is 0 Å². The lowest BCUT2D eigenvalue weighted by Gasteiger charge is -2.21. The number of rotatable bonds is 8. The minimum absolute atomic E-state index is 0.224. The largest absolute Gasteiger partial charge is 0.486 e. The summed E-state index contributed by atoms with van der Waals surface area (Å²) in [5.41, 5.74) is 2.60. The monoisotopic (exact) mass is 456 g/mol. The van der Waals surface area contributed by atoms with E-state index in [4.69, 9.17) is 9.47 Å². The number of hydrogen-bond donors (Lipinski definition) is 0. The average Bonchev–Trinajstić information content (AvgIpc) is 2.78. The van der Waals surface area contributed by atoms with Crippen LogP contribution in [-0.4, -0.2) is 5.97 Å². The summed E-state index contributed by atoms with van der Waals surface area (Å²) in [5, 5.41) is 0. The number of hydrogen-bond acceptors (Lipinski definition) is 3. The summed E-state index contributed by atoms with van der Waals surface area (Å²) in [6.45, 7) is 5.30. The molecule has 1 atom stereocenters. The predicted octanol–water partition coefficient (Wildman–Crippen LogP) is 7.92. The Kier molecular flexibility index (Phi) is 7.79. The van der Waals surface area contributed by atoms with Crippen molar-refractivity contribution >= 4 is 5.97 Å². The number of carbonyl (C=O) groups is 1. The highest BCUT2D eigenvalue weighted by atomic mass is 19.4. The molecular weight excluding hydrogens is 429 g/mol. The third kappa shape index (κ3) is 6.60. The van der Waals surface area contributed by atoms with Crippen molar-refractivity contribution in [3.05, 3.63) is 83.4 Å². The van der Waals surface area contributed by atoms with Crippen molar-refractivity contribution in [1.82, 2.24) is 0 Å². The standard InChI is InChI=1S/C27H27F3O3/c1-4-5-9-26(33-24-14-15-25(18(2)16-24)32-19(3)31)22-8-6-7-21(17-22)20-10-12-23(13-11-20)27(28,29)30/h6-8,10-17,26H,4-5,9H2,1-3H3. The summed E-state index contributed by atoms with van der Waals surface area (Å²) in [4.78, 5) is 11.2. The van der Waals surface area contributed by atoms with Gasteiger partial charge in [0.2, 0.25) is 0 Å². The van der Waals surface area contributed by atoms with Crippen molar-refractivity contribution in [2.45, 2.75) is 52.3 Å². The van der Waals surface area contributed by atoms with Gasteiger partial charge in [-0.2, -0.15) is 13.2 Å². The second-order valence-corrected chi connectivity index (χ2v) is 7.97. The van der Waals surface area contributed by atoms with Crippen LogP contribution in [0.25, 0.3) is 11.1 Å². The third-order valence-electron chi connectivity index (χ3n) is 5.30.